The van der Waals surface area contributed by atoms with Crippen molar-refractivity contribution >= 4 is 15.9 Å². The number of allylic oxidation sites excluding steroid dienone is 1. The highest BCUT2D eigenvalue weighted by Crippen LogP contribution is 2.37. The third-order valence-electron chi connectivity index (χ3n) is 7.51. The van der Waals surface area contributed by atoms with Crippen LogP contribution >= 0.6 is 0 Å². The Kier molecular flexibility index (Phi) is 9.86. The quantitative estimate of drug-likeness (QED) is 0.398. The maximum absolute atomic E-state index is 13.2. The highest BCUT2D eigenvalue weighted by Gasteiger charge is 2.34. The zero-order valence-corrected chi connectivity index (χ0v) is 22.5. The largest absolute Gasteiger partial charge is 0.497 e. The van der Waals surface area contributed by atoms with E-state index in [0.717, 1.165) is 25.7 Å². The molecule has 0 unspecified atom stereocenters. The van der Waals surface area contributed by atoms with E-state index in [4.69, 9.17) is 14.2 Å². The Morgan fingerprint density at radius 3 is 2.49 bits per heavy atom. The zero-order valence-electron chi connectivity index (χ0n) is 21.6. The number of aliphatic hydroxyl groups is 1. The molecule has 2 aliphatic carbocycles. The molecule has 2 fully saturated rings. The number of aliphatic hydroxyl groups excluding tert-OH is 1. The Balaban J connectivity index is 1.38. The van der Waals surface area contributed by atoms with Crippen LogP contribution in [0.3, 0.4) is 0 Å². The van der Waals surface area contributed by atoms with Crippen molar-refractivity contribution in [2.24, 2.45) is 17.8 Å². The highest BCUT2D eigenvalue weighted by molar-refractivity contribution is 7.89. The minimum Gasteiger partial charge on any atom is -0.497 e. The second kappa shape index (κ2) is 13.1. The fraction of sp³-hybridized carbons (Fsp3) is 0.667. The van der Waals surface area contributed by atoms with Crippen molar-refractivity contribution in [3.63, 3.8) is 0 Å². The molecule has 10 heteroatoms. The number of hydrogen-bond acceptors (Lipinski definition) is 7. The monoisotopic (exact) mass is 536 g/mol. The number of amides is 1. The van der Waals surface area contributed by atoms with Crippen molar-refractivity contribution in [2.75, 3.05) is 40.0 Å². The smallest absolute Gasteiger partial charge is 0.286 e. The first-order valence-corrected chi connectivity index (χ1v) is 14.9. The van der Waals surface area contributed by atoms with Gasteiger partial charge in [-0.05, 0) is 73.8 Å². The van der Waals surface area contributed by atoms with Gasteiger partial charge in [0.15, 0.2) is 5.76 Å². The number of sulfonamides is 1. The lowest BCUT2D eigenvalue weighted by atomic mass is 9.77. The molecule has 206 valence electrons. The van der Waals surface area contributed by atoms with Crippen molar-refractivity contribution < 1.29 is 32.5 Å². The van der Waals surface area contributed by atoms with Gasteiger partial charge in [-0.2, -0.15) is 4.31 Å². The van der Waals surface area contributed by atoms with E-state index < -0.39 is 16.3 Å². The number of methoxy groups -OCH3 is 1. The molecule has 4 rings (SSSR count). The van der Waals surface area contributed by atoms with Crippen LogP contribution in [0.5, 0.6) is 5.75 Å². The maximum atomic E-state index is 13.2. The van der Waals surface area contributed by atoms with Gasteiger partial charge in [0.1, 0.15) is 5.75 Å². The fourth-order valence-electron chi connectivity index (χ4n) is 5.13. The van der Waals surface area contributed by atoms with Crippen LogP contribution < -0.4 is 10.1 Å². The molecule has 37 heavy (non-hydrogen) atoms. The maximum Gasteiger partial charge on any atom is 0.286 e. The van der Waals surface area contributed by atoms with Crippen LogP contribution in [-0.4, -0.2) is 70.0 Å². The van der Waals surface area contributed by atoms with E-state index in [1.165, 1.54) is 42.8 Å². The number of ether oxygens (including phenoxy) is 3. The van der Waals surface area contributed by atoms with Gasteiger partial charge in [0.2, 0.25) is 16.3 Å². The molecule has 0 aromatic heterocycles. The predicted octanol–water partition coefficient (Wildman–Crippen LogP) is 3.05. The summed E-state index contributed by atoms with van der Waals surface area (Å²) < 4.78 is 44.6. The van der Waals surface area contributed by atoms with Gasteiger partial charge >= 0.3 is 0 Å². The summed E-state index contributed by atoms with van der Waals surface area (Å²) in [5, 5.41) is 12.5. The minimum atomic E-state index is -3.83. The first-order chi connectivity index (χ1) is 17.9. The lowest BCUT2D eigenvalue weighted by Gasteiger charge is -2.35. The zero-order chi connectivity index (χ0) is 26.3. The molecule has 0 bridgehead atoms. The number of nitrogens with zero attached hydrogens (tertiary/aromatic N) is 1. The Labute approximate surface area is 220 Å². The molecule has 1 aromatic rings. The molecule has 1 aromatic carbocycles. The second-order valence-electron chi connectivity index (χ2n) is 10.2. The summed E-state index contributed by atoms with van der Waals surface area (Å²) in [4.78, 5) is 12.9. The first kappa shape index (κ1) is 27.9. The van der Waals surface area contributed by atoms with Crippen LogP contribution in [0.25, 0.3) is 0 Å². The van der Waals surface area contributed by atoms with Gasteiger partial charge in [-0.15, -0.1) is 0 Å². The van der Waals surface area contributed by atoms with Crippen LogP contribution in [0.15, 0.2) is 41.0 Å². The number of carbonyl (C=O) groups excluding carboxylic acids is 1. The molecule has 0 radical (unpaired) electrons. The molecule has 1 aliphatic heterocycles. The third-order valence-corrected chi connectivity index (χ3v) is 9.42. The lowest BCUT2D eigenvalue weighted by Crippen LogP contribution is -2.39. The van der Waals surface area contributed by atoms with Crippen LogP contribution in [0.2, 0.25) is 0 Å². The molecule has 0 spiro atoms. The summed E-state index contributed by atoms with van der Waals surface area (Å²) in [5.74, 6) is 1.92. The Hall–Kier alpha value is -2.14. The standard InChI is InChI=1S/C27H40N2O7S/c1-34-23-9-11-24(12-10-23)37(32,33)29(13-15-30)14-16-35-26-18-22(21-5-3-2-4-6-21)17-25(36-26)27(31)28-19-20-7-8-20/h9-12,17,20-22,26,30H,2-8,13-16,18-19H2,1H3,(H,28,31)/t22-,26+/m0/s1. The van der Waals surface area contributed by atoms with Crippen molar-refractivity contribution in [3.8, 4) is 5.75 Å². The topological polar surface area (TPSA) is 114 Å². The molecule has 2 N–H and O–H groups in total. The molecular formula is C27H40N2O7S. The van der Waals surface area contributed by atoms with E-state index >= 15 is 0 Å². The second-order valence-corrected chi connectivity index (χ2v) is 12.1. The molecule has 9 nitrogen and oxygen atoms in total. The van der Waals surface area contributed by atoms with E-state index in [2.05, 4.69) is 5.32 Å². The van der Waals surface area contributed by atoms with Gasteiger partial charge < -0.3 is 24.6 Å². The third kappa shape index (κ3) is 7.69. The Bertz CT molecular complexity index is 1020. The highest BCUT2D eigenvalue weighted by atomic mass is 32.2. The summed E-state index contributed by atoms with van der Waals surface area (Å²) >= 11 is 0. The summed E-state index contributed by atoms with van der Waals surface area (Å²) in [7, 11) is -2.32. The summed E-state index contributed by atoms with van der Waals surface area (Å²) in [6, 6.07) is 6.14. The molecular weight excluding hydrogens is 496 g/mol. The summed E-state index contributed by atoms with van der Waals surface area (Å²) in [5.41, 5.74) is 0. The molecule has 2 atom stereocenters. The molecule has 3 aliphatic rings. The van der Waals surface area contributed by atoms with Crippen molar-refractivity contribution in [1.82, 2.24) is 9.62 Å². The van der Waals surface area contributed by atoms with E-state index in [1.807, 2.05) is 6.08 Å². The molecule has 2 saturated carbocycles. The average Bonchev–Trinajstić information content (AvgIpc) is 3.76. The van der Waals surface area contributed by atoms with E-state index in [0.29, 0.717) is 36.3 Å². The number of rotatable bonds is 13. The Morgan fingerprint density at radius 2 is 1.84 bits per heavy atom. The first-order valence-electron chi connectivity index (χ1n) is 13.4. The van der Waals surface area contributed by atoms with Gasteiger partial charge in [0.05, 0.1) is 25.2 Å². The van der Waals surface area contributed by atoms with E-state index in [-0.39, 0.29) is 43.0 Å². The Morgan fingerprint density at radius 1 is 1.11 bits per heavy atom. The number of nitrogens with one attached hydrogen (secondary N) is 1. The summed E-state index contributed by atoms with van der Waals surface area (Å²) in [6.45, 7) is 0.429. The van der Waals surface area contributed by atoms with E-state index in [9.17, 15) is 18.3 Å². The van der Waals surface area contributed by atoms with Crippen molar-refractivity contribution in [3.05, 3.63) is 36.1 Å². The average molecular weight is 537 g/mol. The van der Waals surface area contributed by atoms with Crippen LogP contribution in [0.1, 0.15) is 51.4 Å². The normalized spacial score (nSPS) is 22.8. The van der Waals surface area contributed by atoms with Gasteiger partial charge in [-0.1, -0.05) is 19.3 Å². The van der Waals surface area contributed by atoms with E-state index in [1.54, 1.807) is 12.1 Å². The number of hydrogen-bond donors (Lipinski definition) is 2. The van der Waals surface area contributed by atoms with Crippen molar-refractivity contribution in [1.29, 1.82) is 0 Å². The van der Waals surface area contributed by atoms with Crippen molar-refractivity contribution in [2.45, 2.75) is 62.6 Å². The summed E-state index contributed by atoms with van der Waals surface area (Å²) in [6.07, 6.45) is 10.2. The van der Waals surface area contributed by atoms with Gasteiger partial charge in [-0.25, -0.2) is 8.42 Å². The van der Waals surface area contributed by atoms with Gasteiger partial charge in [0.25, 0.3) is 5.91 Å². The number of carbonyl (C=O) groups is 1. The fourth-order valence-corrected chi connectivity index (χ4v) is 6.54. The van der Waals surface area contributed by atoms with Crippen LogP contribution in [0, 0.1) is 17.8 Å². The number of benzene rings is 1. The molecule has 0 saturated heterocycles. The van der Waals surface area contributed by atoms with Gasteiger partial charge in [-0.3, -0.25) is 4.79 Å². The minimum absolute atomic E-state index is 0.0514. The molecule has 1 amide bonds. The molecule has 1 heterocycles. The predicted molar refractivity (Wildman–Crippen MR) is 138 cm³/mol. The van der Waals surface area contributed by atoms with Gasteiger partial charge in [0, 0.05) is 26.1 Å². The van der Waals surface area contributed by atoms with Crippen LogP contribution in [-0.2, 0) is 24.3 Å². The lowest BCUT2D eigenvalue weighted by molar-refractivity contribution is -0.151. The SMILES string of the molecule is COc1ccc(S(=O)(=O)N(CCO)CCO[C@H]2C[C@@H](C3CCCCC3)C=C(C(=O)NCC3CC3)O2)cc1. The van der Waals surface area contributed by atoms with Crippen LogP contribution in [0.4, 0.5) is 0 Å².